The molecule has 2 amide bonds. The molecule has 31 heavy (non-hydrogen) atoms. The van der Waals surface area contributed by atoms with Crippen LogP contribution in [-0.2, 0) is 0 Å². The van der Waals surface area contributed by atoms with Crippen LogP contribution in [0.15, 0.2) is 60.0 Å². The van der Waals surface area contributed by atoms with Gasteiger partial charge >= 0.3 is 0 Å². The van der Waals surface area contributed by atoms with Crippen LogP contribution >= 0.6 is 11.3 Å². The maximum atomic E-state index is 14.0. The van der Waals surface area contributed by atoms with Gasteiger partial charge in [0.15, 0.2) is 0 Å². The van der Waals surface area contributed by atoms with E-state index in [9.17, 15) is 14.0 Å². The highest BCUT2D eigenvalue weighted by Gasteiger charge is 2.23. The van der Waals surface area contributed by atoms with Crippen LogP contribution in [0.3, 0.4) is 0 Å². The number of carbonyl (C=O) groups excluding carboxylic acids is 2. The second-order valence-corrected chi connectivity index (χ2v) is 8.01. The number of anilines is 2. The van der Waals surface area contributed by atoms with Gasteiger partial charge in [-0.25, -0.2) is 4.39 Å². The lowest BCUT2D eigenvalue weighted by molar-refractivity contribution is 0.0751. The van der Waals surface area contributed by atoms with Crippen molar-refractivity contribution in [3.05, 3.63) is 81.8 Å². The van der Waals surface area contributed by atoms with Crippen molar-refractivity contribution in [3.63, 3.8) is 0 Å². The van der Waals surface area contributed by atoms with E-state index in [0.717, 1.165) is 29.7 Å². The smallest absolute Gasteiger partial charge is 0.264 e. The maximum absolute atomic E-state index is 14.0. The molecule has 156 valence electrons. The van der Waals surface area contributed by atoms with Crippen LogP contribution in [0.25, 0.3) is 0 Å². The number of nitriles is 1. The monoisotopic (exact) mass is 434 g/mol. The lowest BCUT2D eigenvalue weighted by Crippen LogP contribution is -2.48. The normalized spacial score (nSPS) is 13.5. The number of benzene rings is 2. The molecule has 1 aliphatic rings. The Morgan fingerprint density at radius 1 is 1.03 bits per heavy atom. The standard InChI is InChI=1S/C23H19FN4O2S/c24-20-14-16(15-25)3-8-19(20)22(29)26-17-4-6-18(7-5-17)27-9-11-28(12-10-27)23(30)21-2-1-13-31-21/h1-8,13-14H,9-12H2,(H,26,29). The molecule has 1 fully saturated rings. The predicted molar refractivity (Wildman–Crippen MR) is 118 cm³/mol. The molecule has 6 nitrogen and oxygen atoms in total. The Kier molecular flexibility index (Phi) is 5.96. The van der Waals surface area contributed by atoms with Crippen LogP contribution in [-0.4, -0.2) is 42.9 Å². The zero-order chi connectivity index (χ0) is 21.8. The van der Waals surface area contributed by atoms with Gasteiger partial charge in [0.25, 0.3) is 11.8 Å². The van der Waals surface area contributed by atoms with Crippen LogP contribution in [0, 0.1) is 17.1 Å². The Balaban J connectivity index is 1.35. The van der Waals surface area contributed by atoms with Crippen molar-refractivity contribution in [2.75, 3.05) is 36.4 Å². The molecule has 1 aromatic heterocycles. The van der Waals surface area contributed by atoms with Gasteiger partial charge in [-0.05, 0) is 53.9 Å². The van der Waals surface area contributed by atoms with Gasteiger partial charge in [0.2, 0.25) is 0 Å². The minimum atomic E-state index is -0.733. The molecule has 0 bridgehead atoms. The van der Waals surface area contributed by atoms with Gasteiger partial charge < -0.3 is 15.1 Å². The summed E-state index contributed by atoms with van der Waals surface area (Å²) < 4.78 is 14.0. The molecule has 3 aromatic rings. The second kappa shape index (κ2) is 8.98. The number of hydrogen-bond donors (Lipinski definition) is 1. The first-order valence-corrected chi connectivity index (χ1v) is 10.6. The van der Waals surface area contributed by atoms with E-state index < -0.39 is 11.7 Å². The fourth-order valence-electron chi connectivity index (χ4n) is 3.45. The highest BCUT2D eigenvalue weighted by Crippen LogP contribution is 2.22. The molecule has 2 heterocycles. The number of halogens is 1. The van der Waals surface area contributed by atoms with Gasteiger partial charge in [-0.15, -0.1) is 11.3 Å². The Bertz CT molecular complexity index is 1130. The number of rotatable bonds is 4. The van der Waals surface area contributed by atoms with Gasteiger partial charge in [-0.3, -0.25) is 9.59 Å². The van der Waals surface area contributed by atoms with Crippen LogP contribution in [0.2, 0.25) is 0 Å². The summed E-state index contributed by atoms with van der Waals surface area (Å²) in [4.78, 5) is 29.6. The fraction of sp³-hybridized carbons (Fsp3) is 0.174. The maximum Gasteiger partial charge on any atom is 0.264 e. The number of carbonyl (C=O) groups is 2. The van der Waals surface area contributed by atoms with E-state index in [1.807, 2.05) is 40.6 Å². The SMILES string of the molecule is N#Cc1ccc(C(=O)Nc2ccc(N3CCN(C(=O)c4cccs4)CC3)cc2)c(F)c1. The summed E-state index contributed by atoms with van der Waals surface area (Å²) >= 11 is 1.45. The van der Waals surface area contributed by atoms with E-state index >= 15 is 0 Å². The summed E-state index contributed by atoms with van der Waals surface area (Å²) in [5.74, 6) is -1.23. The molecule has 8 heteroatoms. The van der Waals surface area contributed by atoms with Crippen molar-refractivity contribution >= 4 is 34.5 Å². The Labute approximate surface area is 183 Å². The van der Waals surface area contributed by atoms with Crippen molar-refractivity contribution < 1.29 is 14.0 Å². The third-order valence-electron chi connectivity index (χ3n) is 5.13. The summed E-state index contributed by atoms with van der Waals surface area (Å²) in [6, 6.07) is 16.6. The summed E-state index contributed by atoms with van der Waals surface area (Å²) in [7, 11) is 0. The summed E-state index contributed by atoms with van der Waals surface area (Å²) in [5, 5.41) is 13.4. The molecule has 0 aliphatic carbocycles. The summed E-state index contributed by atoms with van der Waals surface area (Å²) in [6.45, 7) is 2.74. The molecule has 1 N–H and O–H groups in total. The molecule has 0 atom stereocenters. The largest absolute Gasteiger partial charge is 0.368 e. The van der Waals surface area contributed by atoms with Crippen molar-refractivity contribution in [2.24, 2.45) is 0 Å². The Morgan fingerprint density at radius 3 is 2.39 bits per heavy atom. The number of nitrogens with one attached hydrogen (secondary N) is 1. The zero-order valence-electron chi connectivity index (χ0n) is 16.5. The fourth-order valence-corrected chi connectivity index (χ4v) is 4.14. The lowest BCUT2D eigenvalue weighted by atomic mass is 10.1. The van der Waals surface area contributed by atoms with Gasteiger partial charge in [0.05, 0.1) is 22.1 Å². The molecule has 0 spiro atoms. The van der Waals surface area contributed by atoms with Gasteiger partial charge in [0, 0.05) is 37.6 Å². The van der Waals surface area contributed by atoms with E-state index in [4.69, 9.17) is 5.26 Å². The highest BCUT2D eigenvalue weighted by molar-refractivity contribution is 7.12. The molecule has 0 saturated carbocycles. The van der Waals surface area contributed by atoms with E-state index in [-0.39, 0.29) is 17.0 Å². The molecule has 0 unspecified atom stereocenters. The minimum absolute atomic E-state index is 0.0720. The average molecular weight is 434 g/mol. The first-order valence-electron chi connectivity index (χ1n) is 9.74. The van der Waals surface area contributed by atoms with E-state index in [1.54, 1.807) is 12.1 Å². The molecular formula is C23H19FN4O2S. The van der Waals surface area contributed by atoms with Crippen LogP contribution in [0.5, 0.6) is 0 Å². The summed E-state index contributed by atoms with van der Waals surface area (Å²) in [6.07, 6.45) is 0. The van der Waals surface area contributed by atoms with E-state index in [0.29, 0.717) is 18.8 Å². The van der Waals surface area contributed by atoms with Gasteiger partial charge in [0.1, 0.15) is 5.82 Å². The Hall–Kier alpha value is -3.70. The first kappa shape index (κ1) is 20.6. The number of nitrogens with zero attached hydrogens (tertiary/aromatic N) is 3. The topological polar surface area (TPSA) is 76.4 Å². The van der Waals surface area contributed by atoms with Gasteiger partial charge in [-0.2, -0.15) is 5.26 Å². The second-order valence-electron chi connectivity index (χ2n) is 7.06. The Morgan fingerprint density at radius 2 is 1.77 bits per heavy atom. The van der Waals surface area contributed by atoms with Gasteiger partial charge in [-0.1, -0.05) is 6.07 Å². The quantitative estimate of drug-likeness (QED) is 0.674. The number of piperazine rings is 1. The number of thiophene rings is 1. The minimum Gasteiger partial charge on any atom is -0.368 e. The first-order chi connectivity index (χ1) is 15.0. The molecule has 2 aromatic carbocycles. The zero-order valence-corrected chi connectivity index (χ0v) is 17.4. The van der Waals surface area contributed by atoms with Crippen LogP contribution in [0.4, 0.5) is 15.8 Å². The molecule has 1 aliphatic heterocycles. The average Bonchev–Trinajstić information content (AvgIpc) is 3.34. The van der Waals surface area contributed by atoms with Crippen molar-refractivity contribution in [2.45, 2.75) is 0 Å². The molecule has 0 radical (unpaired) electrons. The van der Waals surface area contributed by atoms with Crippen molar-refractivity contribution in [3.8, 4) is 6.07 Å². The number of amides is 2. The predicted octanol–water partition coefficient (Wildman–Crippen LogP) is 3.97. The van der Waals surface area contributed by atoms with Crippen LogP contribution in [0.1, 0.15) is 25.6 Å². The van der Waals surface area contributed by atoms with Crippen molar-refractivity contribution in [1.82, 2.24) is 4.90 Å². The van der Waals surface area contributed by atoms with Crippen molar-refractivity contribution in [1.29, 1.82) is 5.26 Å². The third-order valence-corrected chi connectivity index (χ3v) is 5.99. The van der Waals surface area contributed by atoms with Crippen LogP contribution < -0.4 is 10.2 Å². The lowest BCUT2D eigenvalue weighted by Gasteiger charge is -2.36. The third kappa shape index (κ3) is 4.57. The molecule has 4 rings (SSSR count). The van der Waals surface area contributed by atoms with E-state index in [1.165, 1.54) is 23.5 Å². The molecular weight excluding hydrogens is 415 g/mol. The number of hydrogen-bond acceptors (Lipinski definition) is 5. The van der Waals surface area contributed by atoms with E-state index in [2.05, 4.69) is 10.2 Å². The summed E-state index contributed by atoms with van der Waals surface area (Å²) in [5.41, 5.74) is 1.58. The highest BCUT2D eigenvalue weighted by atomic mass is 32.1. The molecule has 1 saturated heterocycles.